The third kappa shape index (κ3) is 4.45. The minimum atomic E-state index is -0.999. The third-order valence-corrected chi connectivity index (χ3v) is 4.79. The van der Waals surface area contributed by atoms with Crippen LogP contribution in [0.25, 0.3) is 0 Å². The highest BCUT2D eigenvalue weighted by molar-refractivity contribution is 6.00. The summed E-state index contributed by atoms with van der Waals surface area (Å²) in [6.07, 6.45) is 0. The maximum atomic E-state index is 12.8. The molecule has 1 aromatic carbocycles. The number of ether oxygens (including phenoxy) is 2. The van der Waals surface area contributed by atoms with Gasteiger partial charge in [-0.15, -0.1) is 0 Å². The summed E-state index contributed by atoms with van der Waals surface area (Å²) in [4.78, 5) is 38.8. The Labute approximate surface area is 175 Å². The van der Waals surface area contributed by atoms with E-state index in [9.17, 15) is 19.7 Å². The van der Waals surface area contributed by atoms with Gasteiger partial charge >= 0.3 is 11.9 Å². The van der Waals surface area contributed by atoms with E-state index >= 15 is 0 Å². The van der Waals surface area contributed by atoms with Crippen LogP contribution < -0.4 is 10.2 Å². The van der Waals surface area contributed by atoms with Gasteiger partial charge in [-0.05, 0) is 39.8 Å². The minimum Gasteiger partial charge on any atom is -0.463 e. The standard InChI is InChI=1S/C21H27N3O6/c1-7-29-20(25)17-12(3)22-13(4)18(21(26)30-8-2)19(17)15-10-9-14(23(5)6)11-16(15)24(27)28/h9-11,19,22H,7-8H2,1-6H3. The van der Waals surface area contributed by atoms with E-state index in [2.05, 4.69) is 5.32 Å². The van der Waals surface area contributed by atoms with E-state index in [1.54, 1.807) is 58.8 Å². The van der Waals surface area contributed by atoms with E-state index in [-0.39, 0.29) is 35.6 Å². The minimum absolute atomic E-state index is 0.126. The van der Waals surface area contributed by atoms with E-state index in [0.717, 1.165) is 0 Å². The second-order valence-electron chi connectivity index (χ2n) is 6.97. The van der Waals surface area contributed by atoms with E-state index in [4.69, 9.17) is 9.47 Å². The van der Waals surface area contributed by atoms with E-state index in [1.807, 2.05) is 0 Å². The molecule has 0 amide bonds. The Morgan fingerprint density at radius 3 is 1.97 bits per heavy atom. The van der Waals surface area contributed by atoms with Crippen LogP contribution >= 0.6 is 0 Å². The Morgan fingerprint density at radius 2 is 1.57 bits per heavy atom. The second-order valence-corrected chi connectivity index (χ2v) is 6.97. The van der Waals surface area contributed by atoms with Gasteiger partial charge in [0.2, 0.25) is 0 Å². The number of nitro benzene ring substituents is 1. The normalized spacial score (nSPS) is 14.3. The summed E-state index contributed by atoms with van der Waals surface area (Å²) >= 11 is 0. The molecule has 0 spiro atoms. The Bertz CT molecular complexity index is 893. The Kier molecular flexibility index (Phi) is 7.20. The van der Waals surface area contributed by atoms with Crippen molar-refractivity contribution in [2.24, 2.45) is 0 Å². The van der Waals surface area contributed by atoms with E-state index < -0.39 is 22.8 Å². The summed E-state index contributed by atoms with van der Waals surface area (Å²) in [7, 11) is 3.54. The quantitative estimate of drug-likeness (QED) is 0.409. The van der Waals surface area contributed by atoms with Gasteiger partial charge in [0.15, 0.2) is 0 Å². The van der Waals surface area contributed by atoms with Crippen molar-refractivity contribution >= 4 is 23.3 Å². The van der Waals surface area contributed by atoms with Crippen molar-refractivity contribution in [2.75, 3.05) is 32.2 Å². The smallest absolute Gasteiger partial charge is 0.336 e. The lowest BCUT2D eigenvalue weighted by Gasteiger charge is -2.30. The van der Waals surface area contributed by atoms with Gasteiger partial charge in [-0.2, -0.15) is 0 Å². The van der Waals surface area contributed by atoms with Gasteiger partial charge in [0.25, 0.3) is 5.69 Å². The van der Waals surface area contributed by atoms with Crippen LogP contribution in [0.5, 0.6) is 0 Å². The van der Waals surface area contributed by atoms with Gasteiger partial charge in [-0.25, -0.2) is 9.59 Å². The van der Waals surface area contributed by atoms with Crippen molar-refractivity contribution in [3.05, 3.63) is 56.4 Å². The molecule has 0 bridgehead atoms. The van der Waals surface area contributed by atoms with Crippen LogP contribution in [0, 0.1) is 10.1 Å². The van der Waals surface area contributed by atoms with Crippen molar-refractivity contribution in [3.63, 3.8) is 0 Å². The predicted molar refractivity (Wildman–Crippen MR) is 112 cm³/mol. The number of benzene rings is 1. The first-order valence-corrected chi connectivity index (χ1v) is 9.62. The van der Waals surface area contributed by atoms with E-state index in [0.29, 0.717) is 17.1 Å². The molecule has 0 fully saturated rings. The number of rotatable bonds is 7. The lowest BCUT2D eigenvalue weighted by Crippen LogP contribution is -2.33. The van der Waals surface area contributed by atoms with Gasteiger partial charge in [-0.3, -0.25) is 10.1 Å². The van der Waals surface area contributed by atoms with Crippen LogP contribution in [0.4, 0.5) is 11.4 Å². The number of nitrogens with one attached hydrogen (secondary N) is 1. The van der Waals surface area contributed by atoms with Crippen molar-refractivity contribution in [1.29, 1.82) is 0 Å². The number of hydrogen-bond donors (Lipinski definition) is 1. The number of anilines is 1. The van der Waals surface area contributed by atoms with Gasteiger partial charge < -0.3 is 19.7 Å². The molecule has 1 heterocycles. The predicted octanol–water partition coefficient (Wildman–Crippen LogP) is 3.02. The molecule has 162 valence electrons. The molecule has 9 nitrogen and oxygen atoms in total. The van der Waals surface area contributed by atoms with Gasteiger partial charge in [0.1, 0.15) is 0 Å². The average Bonchev–Trinajstić information content (AvgIpc) is 2.66. The number of carbonyl (C=O) groups is 2. The zero-order valence-electron chi connectivity index (χ0n) is 18.1. The van der Waals surface area contributed by atoms with Gasteiger partial charge in [-0.1, -0.05) is 0 Å². The van der Waals surface area contributed by atoms with Crippen LogP contribution in [0.1, 0.15) is 39.2 Å². The highest BCUT2D eigenvalue weighted by Crippen LogP contribution is 2.43. The average molecular weight is 417 g/mol. The molecule has 30 heavy (non-hydrogen) atoms. The Hall–Kier alpha value is -3.36. The fourth-order valence-corrected chi connectivity index (χ4v) is 3.48. The second kappa shape index (κ2) is 9.43. The number of allylic oxidation sites excluding steroid dienone is 2. The van der Waals surface area contributed by atoms with Crippen molar-refractivity contribution < 1.29 is 24.0 Å². The first kappa shape index (κ1) is 22.9. The van der Waals surface area contributed by atoms with Crippen molar-refractivity contribution in [2.45, 2.75) is 33.6 Å². The summed E-state index contributed by atoms with van der Waals surface area (Å²) in [6.45, 7) is 6.93. The molecule has 2 rings (SSSR count). The van der Waals surface area contributed by atoms with Crippen LogP contribution in [-0.2, 0) is 19.1 Å². The number of esters is 2. The van der Waals surface area contributed by atoms with Crippen LogP contribution in [-0.4, -0.2) is 44.2 Å². The summed E-state index contributed by atoms with van der Waals surface area (Å²) < 4.78 is 10.4. The van der Waals surface area contributed by atoms with Crippen LogP contribution in [0.2, 0.25) is 0 Å². The number of nitrogens with zero attached hydrogens (tertiary/aromatic N) is 2. The summed E-state index contributed by atoms with van der Waals surface area (Å²) in [6, 6.07) is 4.70. The molecule has 1 N–H and O–H groups in total. The highest BCUT2D eigenvalue weighted by atomic mass is 16.6. The monoisotopic (exact) mass is 417 g/mol. The molecular formula is C21H27N3O6. The molecule has 0 aromatic heterocycles. The molecule has 0 saturated heterocycles. The molecule has 1 aliphatic heterocycles. The van der Waals surface area contributed by atoms with Gasteiger partial charge in [0, 0.05) is 42.8 Å². The maximum absolute atomic E-state index is 12.8. The molecule has 0 radical (unpaired) electrons. The van der Waals surface area contributed by atoms with Gasteiger partial charge in [0.05, 0.1) is 35.2 Å². The SMILES string of the molecule is CCOC(=O)C1=C(C)NC(C)=C(C(=O)OCC)C1c1ccc(N(C)C)cc1[N+](=O)[O-]. The number of dihydropyridines is 1. The number of nitro groups is 1. The topological polar surface area (TPSA) is 111 Å². The Balaban J connectivity index is 2.81. The molecule has 1 aliphatic rings. The first-order valence-electron chi connectivity index (χ1n) is 9.62. The highest BCUT2D eigenvalue weighted by Gasteiger charge is 2.41. The lowest BCUT2D eigenvalue weighted by molar-refractivity contribution is -0.385. The zero-order chi connectivity index (χ0) is 22.6. The Morgan fingerprint density at radius 1 is 1.07 bits per heavy atom. The van der Waals surface area contributed by atoms with Crippen molar-refractivity contribution in [1.82, 2.24) is 5.32 Å². The molecular weight excluding hydrogens is 390 g/mol. The largest absolute Gasteiger partial charge is 0.463 e. The first-order chi connectivity index (χ1) is 14.1. The zero-order valence-corrected chi connectivity index (χ0v) is 18.1. The number of carbonyl (C=O) groups excluding carboxylic acids is 2. The molecule has 9 heteroatoms. The summed E-state index contributed by atoms with van der Waals surface area (Å²) in [5, 5.41) is 14.9. The molecule has 0 atom stereocenters. The van der Waals surface area contributed by atoms with Crippen LogP contribution in [0.3, 0.4) is 0 Å². The molecule has 0 saturated carbocycles. The molecule has 0 unspecified atom stereocenters. The third-order valence-electron chi connectivity index (χ3n) is 4.79. The summed E-state index contributed by atoms with van der Waals surface area (Å²) in [5.74, 6) is -2.29. The number of hydrogen-bond acceptors (Lipinski definition) is 8. The van der Waals surface area contributed by atoms with Crippen molar-refractivity contribution in [3.8, 4) is 0 Å². The van der Waals surface area contributed by atoms with E-state index in [1.165, 1.54) is 6.07 Å². The summed E-state index contributed by atoms with van der Waals surface area (Å²) in [5.41, 5.74) is 1.87. The fraction of sp³-hybridized carbons (Fsp3) is 0.429. The molecule has 0 aliphatic carbocycles. The maximum Gasteiger partial charge on any atom is 0.336 e. The van der Waals surface area contributed by atoms with Crippen LogP contribution in [0.15, 0.2) is 40.7 Å². The fourth-order valence-electron chi connectivity index (χ4n) is 3.48. The molecule has 1 aromatic rings. The lowest BCUT2D eigenvalue weighted by atomic mass is 9.79.